The molecule has 3 aromatic rings. The zero-order chi connectivity index (χ0) is 20.2. The summed E-state index contributed by atoms with van der Waals surface area (Å²) in [5.41, 5.74) is 7.02. The first-order valence-electron chi connectivity index (χ1n) is 9.77. The third-order valence-corrected chi connectivity index (χ3v) is 7.13. The molecule has 3 aromatic heterocycles. The molecule has 0 saturated heterocycles. The second-order valence-electron chi connectivity index (χ2n) is 7.10. The van der Waals surface area contributed by atoms with E-state index in [1.165, 1.54) is 42.4 Å². The largest absolute Gasteiger partial charge is 0.397 e. The Morgan fingerprint density at radius 3 is 2.97 bits per heavy atom. The summed E-state index contributed by atoms with van der Waals surface area (Å²) < 4.78 is 1.95. The van der Waals surface area contributed by atoms with Gasteiger partial charge >= 0.3 is 0 Å². The first kappa shape index (κ1) is 19.9. The third kappa shape index (κ3) is 4.30. The highest BCUT2D eigenvalue weighted by Gasteiger charge is 2.21. The molecule has 7 nitrogen and oxygen atoms in total. The molecule has 1 saturated carbocycles. The van der Waals surface area contributed by atoms with Gasteiger partial charge in [-0.05, 0) is 25.0 Å². The molecule has 0 radical (unpaired) electrons. The van der Waals surface area contributed by atoms with Crippen LogP contribution >= 0.6 is 23.1 Å². The van der Waals surface area contributed by atoms with Crippen LogP contribution in [0.4, 0.5) is 5.69 Å². The number of carbonyl (C=O) groups excluding carboxylic acids is 1. The van der Waals surface area contributed by atoms with Crippen molar-refractivity contribution in [2.24, 2.45) is 0 Å². The Morgan fingerprint density at radius 1 is 1.38 bits per heavy atom. The topological polar surface area (TPSA) is 98.7 Å². The predicted molar refractivity (Wildman–Crippen MR) is 119 cm³/mol. The molecule has 152 valence electrons. The summed E-state index contributed by atoms with van der Waals surface area (Å²) in [6.45, 7) is 4.38. The van der Waals surface area contributed by atoms with Crippen LogP contribution in [0.25, 0.3) is 20.9 Å². The van der Waals surface area contributed by atoms with E-state index < -0.39 is 0 Å². The van der Waals surface area contributed by atoms with Gasteiger partial charge in [0.05, 0.1) is 16.3 Å². The van der Waals surface area contributed by atoms with Crippen molar-refractivity contribution in [3.63, 3.8) is 0 Å². The summed E-state index contributed by atoms with van der Waals surface area (Å²) in [7, 11) is 0. The number of anilines is 1. The Hall–Kier alpha value is -2.39. The van der Waals surface area contributed by atoms with Crippen molar-refractivity contribution in [1.29, 1.82) is 0 Å². The Morgan fingerprint density at radius 2 is 2.21 bits per heavy atom. The maximum atomic E-state index is 12.4. The van der Waals surface area contributed by atoms with Crippen LogP contribution in [0.5, 0.6) is 0 Å². The second kappa shape index (κ2) is 8.96. The van der Waals surface area contributed by atoms with Gasteiger partial charge in [0, 0.05) is 24.2 Å². The van der Waals surface area contributed by atoms with Crippen LogP contribution in [0.3, 0.4) is 0 Å². The summed E-state index contributed by atoms with van der Waals surface area (Å²) in [6, 6.07) is 4.14. The highest BCUT2D eigenvalue weighted by atomic mass is 32.2. The number of nitrogens with zero attached hydrogens (tertiary/aromatic N) is 4. The monoisotopic (exact) mass is 428 g/mol. The number of thiophene rings is 1. The Labute approximate surface area is 177 Å². The van der Waals surface area contributed by atoms with Gasteiger partial charge in [-0.1, -0.05) is 37.1 Å². The number of amides is 1. The van der Waals surface area contributed by atoms with Gasteiger partial charge in [-0.2, -0.15) is 0 Å². The number of carbonyl (C=O) groups is 1. The average molecular weight is 429 g/mol. The number of aromatic nitrogens is 4. The van der Waals surface area contributed by atoms with E-state index in [9.17, 15) is 4.79 Å². The van der Waals surface area contributed by atoms with E-state index in [1.807, 2.05) is 16.7 Å². The number of allylic oxidation sites excluding steroid dienone is 1. The van der Waals surface area contributed by atoms with E-state index in [2.05, 4.69) is 27.1 Å². The highest BCUT2D eigenvalue weighted by Crippen LogP contribution is 2.39. The zero-order valence-electron chi connectivity index (χ0n) is 16.1. The molecule has 0 aliphatic heterocycles. The minimum absolute atomic E-state index is 0.0437. The number of thioether (sulfide) groups is 1. The second-order valence-corrected chi connectivity index (χ2v) is 9.04. The van der Waals surface area contributed by atoms with E-state index in [4.69, 9.17) is 5.73 Å². The van der Waals surface area contributed by atoms with Gasteiger partial charge < -0.3 is 11.1 Å². The maximum absolute atomic E-state index is 12.4. The molecule has 1 fully saturated rings. The number of rotatable bonds is 7. The minimum atomic E-state index is 0.0437. The fraction of sp³-hybridized carbons (Fsp3) is 0.400. The summed E-state index contributed by atoms with van der Waals surface area (Å²) >= 11 is 2.89. The van der Waals surface area contributed by atoms with Gasteiger partial charge in [0.2, 0.25) is 5.91 Å². The lowest BCUT2D eigenvalue weighted by molar-refractivity contribution is -0.119. The number of nitrogen functional groups attached to an aromatic ring is 1. The van der Waals surface area contributed by atoms with Gasteiger partial charge in [-0.15, -0.1) is 28.1 Å². The smallest absolute Gasteiger partial charge is 0.230 e. The molecule has 4 rings (SSSR count). The van der Waals surface area contributed by atoms with Crippen molar-refractivity contribution in [2.75, 3.05) is 11.5 Å². The van der Waals surface area contributed by atoms with Gasteiger partial charge in [0.15, 0.2) is 11.0 Å². The van der Waals surface area contributed by atoms with E-state index in [0.29, 0.717) is 35.0 Å². The van der Waals surface area contributed by atoms with Gasteiger partial charge in [-0.3, -0.25) is 9.36 Å². The quantitative estimate of drug-likeness (QED) is 0.438. The molecule has 0 atom stereocenters. The SMILES string of the molecule is C=CCn1c(SCC(=O)NC2CCCCC2)nnc1-c1sc2ncccc2c1N. The standard InChI is InChI=1S/C20H24N6OS2/c1-2-11-26-18(17-16(21)14-9-6-10-22-19(14)29-17)24-25-20(26)28-12-15(27)23-13-7-4-3-5-8-13/h2,6,9-10,13H,1,3-5,7-8,11-12,21H2,(H,23,27). The first-order valence-corrected chi connectivity index (χ1v) is 11.6. The molecule has 3 heterocycles. The molecule has 9 heteroatoms. The number of hydrogen-bond donors (Lipinski definition) is 2. The van der Waals surface area contributed by atoms with Crippen LogP contribution in [-0.2, 0) is 11.3 Å². The minimum Gasteiger partial charge on any atom is -0.397 e. The Balaban J connectivity index is 1.52. The first-order chi connectivity index (χ1) is 14.2. The van der Waals surface area contributed by atoms with Crippen LogP contribution in [0.2, 0.25) is 0 Å². The normalized spacial score (nSPS) is 14.9. The van der Waals surface area contributed by atoms with Crippen molar-refractivity contribution >= 4 is 44.9 Å². The third-order valence-electron chi connectivity index (χ3n) is 5.04. The number of nitrogens with two attached hydrogens (primary N) is 1. The van der Waals surface area contributed by atoms with Crippen molar-refractivity contribution in [3.8, 4) is 10.7 Å². The van der Waals surface area contributed by atoms with Crippen molar-refractivity contribution < 1.29 is 4.79 Å². The summed E-state index contributed by atoms with van der Waals surface area (Å²) in [5.74, 6) is 1.04. The molecule has 1 aliphatic rings. The zero-order valence-corrected chi connectivity index (χ0v) is 17.8. The Kier molecular flexibility index (Phi) is 6.15. The molecule has 1 amide bonds. The molecule has 3 N–H and O–H groups in total. The van der Waals surface area contributed by atoms with Crippen molar-refractivity contribution in [2.45, 2.75) is 49.8 Å². The molecule has 0 spiro atoms. The highest BCUT2D eigenvalue weighted by molar-refractivity contribution is 7.99. The fourth-order valence-electron chi connectivity index (χ4n) is 3.62. The van der Waals surface area contributed by atoms with E-state index >= 15 is 0 Å². The molecular weight excluding hydrogens is 404 g/mol. The molecule has 29 heavy (non-hydrogen) atoms. The van der Waals surface area contributed by atoms with Crippen LogP contribution < -0.4 is 11.1 Å². The van der Waals surface area contributed by atoms with E-state index in [0.717, 1.165) is 27.9 Å². The van der Waals surface area contributed by atoms with Crippen molar-refractivity contribution in [3.05, 3.63) is 31.0 Å². The molecule has 0 unspecified atom stereocenters. The summed E-state index contributed by atoms with van der Waals surface area (Å²) in [5, 5.41) is 13.4. The lowest BCUT2D eigenvalue weighted by atomic mass is 9.95. The average Bonchev–Trinajstić information content (AvgIpc) is 3.28. The van der Waals surface area contributed by atoms with Crippen LogP contribution in [-0.4, -0.2) is 37.5 Å². The van der Waals surface area contributed by atoms with Crippen LogP contribution in [0, 0.1) is 0 Å². The summed E-state index contributed by atoms with van der Waals surface area (Å²) in [4.78, 5) is 18.5. The predicted octanol–water partition coefficient (Wildman–Crippen LogP) is 3.86. The number of hydrogen-bond acceptors (Lipinski definition) is 7. The number of nitrogens with one attached hydrogen (secondary N) is 1. The molecule has 0 aromatic carbocycles. The number of fused-ring (bicyclic) bond motifs is 1. The number of pyridine rings is 1. The lowest BCUT2D eigenvalue weighted by Gasteiger charge is -2.22. The van der Waals surface area contributed by atoms with E-state index in [-0.39, 0.29) is 5.91 Å². The van der Waals surface area contributed by atoms with Crippen LogP contribution in [0.1, 0.15) is 32.1 Å². The molecule has 1 aliphatic carbocycles. The Bertz CT molecular complexity index is 1020. The summed E-state index contributed by atoms with van der Waals surface area (Å²) in [6.07, 6.45) is 9.36. The van der Waals surface area contributed by atoms with Crippen molar-refractivity contribution in [1.82, 2.24) is 25.1 Å². The maximum Gasteiger partial charge on any atom is 0.230 e. The van der Waals surface area contributed by atoms with Gasteiger partial charge in [0.25, 0.3) is 0 Å². The molecular formula is C20H24N6OS2. The lowest BCUT2D eigenvalue weighted by Crippen LogP contribution is -2.37. The fourth-order valence-corrected chi connectivity index (χ4v) is 5.44. The van der Waals surface area contributed by atoms with Gasteiger partial charge in [0.1, 0.15) is 4.83 Å². The van der Waals surface area contributed by atoms with E-state index in [1.54, 1.807) is 12.3 Å². The van der Waals surface area contributed by atoms with Crippen LogP contribution in [0.15, 0.2) is 36.1 Å². The van der Waals surface area contributed by atoms with Gasteiger partial charge in [-0.25, -0.2) is 4.98 Å². The molecule has 0 bridgehead atoms.